The fraction of sp³-hybridized carbons (Fsp3) is 0.417. The summed E-state index contributed by atoms with van der Waals surface area (Å²) in [6, 6.07) is 3.92. The van der Waals surface area contributed by atoms with Gasteiger partial charge in [0.25, 0.3) is 0 Å². The molecule has 0 unspecified atom stereocenters. The standard InChI is InChI=1S/C12H13BrO2/c1-7-4-8(13)5-9-11(7)12(2,3)6-10(14)15-9/h4-5H,6H2,1-3H3. The van der Waals surface area contributed by atoms with Gasteiger partial charge in [-0.05, 0) is 24.6 Å². The number of halogens is 1. The largest absolute Gasteiger partial charge is 0.426 e. The van der Waals surface area contributed by atoms with Crippen molar-refractivity contribution in [3.05, 3.63) is 27.7 Å². The highest BCUT2D eigenvalue weighted by Gasteiger charge is 2.35. The molecule has 1 aliphatic heterocycles. The van der Waals surface area contributed by atoms with E-state index in [2.05, 4.69) is 35.8 Å². The maximum atomic E-state index is 11.4. The van der Waals surface area contributed by atoms with Crippen LogP contribution in [0.2, 0.25) is 0 Å². The molecule has 1 aliphatic rings. The third-order valence-electron chi connectivity index (χ3n) is 2.75. The lowest BCUT2D eigenvalue weighted by molar-refractivity contribution is -0.136. The van der Waals surface area contributed by atoms with E-state index in [0.717, 1.165) is 15.6 Å². The number of hydrogen-bond donors (Lipinski definition) is 0. The molecule has 3 heteroatoms. The Morgan fingerprint density at radius 2 is 2.07 bits per heavy atom. The minimum atomic E-state index is -0.148. The first-order chi connectivity index (χ1) is 6.90. The predicted molar refractivity (Wildman–Crippen MR) is 62.2 cm³/mol. The Kier molecular flexibility index (Phi) is 2.38. The van der Waals surface area contributed by atoms with Gasteiger partial charge in [0.05, 0.1) is 6.42 Å². The van der Waals surface area contributed by atoms with Crippen LogP contribution in [0.25, 0.3) is 0 Å². The Morgan fingerprint density at radius 1 is 1.40 bits per heavy atom. The number of aryl methyl sites for hydroxylation is 1. The van der Waals surface area contributed by atoms with Gasteiger partial charge < -0.3 is 4.74 Å². The summed E-state index contributed by atoms with van der Waals surface area (Å²) >= 11 is 3.41. The number of ether oxygens (including phenoxy) is 1. The van der Waals surface area contributed by atoms with Gasteiger partial charge >= 0.3 is 5.97 Å². The molecule has 0 aliphatic carbocycles. The molecule has 1 aromatic rings. The molecule has 0 N–H and O–H groups in total. The van der Waals surface area contributed by atoms with Crippen molar-refractivity contribution in [2.75, 3.05) is 0 Å². The Hall–Kier alpha value is -0.830. The highest BCUT2D eigenvalue weighted by atomic mass is 79.9. The Bertz CT molecular complexity index is 435. The number of rotatable bonds is 0. The van der Waals surface area contributed by atoms with Crippen molar-refractivity contribution in [3.8, 4) is 5.75 Å². The molecule has 0 saturated carbocycles. The second-order valence-corrected chi connectivity index (χ2v) is 5.55. The van der Waals surface area contributed by atoms with Gasteiger partial charge in [0.2, 0.25) is 0 Å². The molecule has 0 saturated heterocycles. The van der Waals surface area contributed by atoms with Gasteiger partial charge in [-0.15, -0.1) is 0 Å². The summed E-state index contributed by atoms with van der Waals surface area (Å²) in [5.41, 5.74) is 2.18. The normalized spacial score (nSPS) is 18.3. The number of hydrogen-bond acceptors (Lipinski definition) is 2. The van der Waals surface area contributed by atoms with Gasteiger partial charge in [0, 0.05) is 15.5 Å². The predicted octanol–water partition coefficient (Wildman–Crippen LogP) is 3.34. The molecule has 0 amide bonds. The molecule has 0 radical (unpaired) electrons. The van der Waals surface area contributed by atoms with Crippen molar-refractivity contribution in [2.45, 2.75) is 32.6 Å². The molecule has 0 fully saturated rings. The molecule has 1 heterocycles. The first-order valence-electron chi connectivity index (χ1n) is 4.91. The van der Waals surface area contributed by atoms with Crippen molar-refractivity contribution in [2.24, 2.45) is 0 Å². The quantitative estimate of drug-likeness (QED) is 0.533. The van der Waals surface area contributed by atoms with Crippen molar-refractivity contribution in [1.82, 2.24) is 0 Å². The van der Waals surface area contributed by atoms with Crippen LogP contribution in [0.4, 0.5) is 0 Å². The molecular weight excluding hydrogens is 256 g/mol. The lowest BCUT2D eigenvalue weighted by Gasteiger charge is -2.32. The fourth-order valence-corrected chi connectivity index (χ4v) is 2.82. The summed E-state index contributed by atoms with van der Waals surface area (Å²) in [4.78, 5) is 11.4. The first-order valence-corrected chi connectivity index (χ1v) is 5.71. The zero-order valence-corrected chi connectivity index (χ0v) is 10.6. The second kappa shape index (κ2) is 3.34. The molecule has 2 rings (SSSR count). The third-order valence-corrected chi connectivity index (χ3v) is 3.21. The zero-order valence-electron chi connectivity index (χ0n) is 9.06. The fourth-order valence-electron chi connectivity index (χ4n) is 2.27. The number of esters is 1. The number of fused-ring (bicyclic) bond motifs is 1. The summed E-state index contributed by atoms with van der Waals surface area (Å²) in [5.74, 6) is 0.549. The molecule has 0 atom stereocenters. The van der Waals surface area contributed by atoms with Crippen molar-refractivity contribution in [3.63, 3.8) is 0 Å². The van der Waals surface area contributed by atoms with Crippen LogP contribution in [-0.2, 0) is 10.2 Å². The van der Waals surface area contributed by atoms with E-state index in [0.29, 0.717) is 12.2 Å². The van der Waals surface area contributed by atoms with Crippen molar-refractivity contribution < 1.29 is 9.53 Å². The Labute approximate surface area is 97.8 Å². The molecule has 0 bridgehead atoms. The van der Waals surface area contributed by atoms with Gasteiger partial charge in [-0.25, -0.2) is 0 Å². The maximum Gasteiger partial charge on any atom is 0.312 e. The highest BCUT2D eigenvalue weighted by Crippen LogP contribution is 2.42. The summed E-state index contributed by atoms with van der Waals surface area (Å²) < 4.78 is 6.21. The van der Waals surface area contributed by atoms with Gasteiger partial charge in [0.15, 0.2) is 0 Å². The SMILES string of the molecule is Cc1cc(Br)cc2c1C(C)(C)CC(=O)O2. The van der Waals surface area contributed by atoms with E-state index in [1.807, 2.05) is 13.0 Å². The Balaban J connectivity index is 2.67. The van der Waals surface area contributed by atoms with E-state index in [4.69, 9.17) is 4.74 Å². The van der Waals surface area contributed by atoms with Crippen LogP contribution in [0, 0.1) is 6.92 Å². The number of carbonyl (C=O) groups is 1. The lowest BCUT2D eigenvalue weighted by Crippen LogP contribution is -2.31. The summed E-state index contributed by atoms with van der Waals surface area (Å²) in [6.07, 6.45) is 0.447. The van der Waals surface area contributed by atoms with E-state index >= 15 is 0 Å². The smallest absolute Gasteiger partial charge is 0.312 e. The Morgan fingerprint density at radius 3 is 2.73 bits per heavy atom. The summed E-state index contributed by atoms with van der Waals surface area (Å²) in [7, 11) is 0. The van der Waals surface area contributed by atoms with Crippen LogP contribution in [0.3, 0.4) is 0 Å². The molecule has 15 heavy (non-hydrogen) atoms. The summed E-state index contributed by atoms with van der Waals surface area (Å²) in [6.45, 7) is 6.20. The number of benzene rings is 1. The van der Waals surface area contributed by atoms with Crippen LogP contribution in [0.15, 0.2) is 16.6 Å². The van der Waals surface area contributed by atoms with Gasteiger partial charge in [-0.1, -0.05) is 29.8 Å². The van der Waals surface area contributed by atoms with E-state index in [9.17, 15) is 4.79 Å². The van der Waals surface area contributed by atoms with E-state index < -0.39 is 0 Å². The zero-order chi connectivity index (χ0) is 11.2. The maximum absolute atomic E-state index is 11.4. The molecule has 0 spiro atoms. The van der Waals surface area contributed by atoms with E-state index in [1.54, 1.807) is 0 Å². The molecule has 0 aromatic heterocycles. The third kappa shape index (κ3) is 1.81. The van der Waals surface area contributed by atoms with Crippen molar-refractivity contribution >= 4 is 21.9 Å². The molecular formula is C12H13BrO2. The molecule has 2 nitrogen and oxygen atoms in total. The van der Waals surface area contributed by atoms with E-state index in [1.165, 1.54) is 0 Å². The van der Waals surface area contributed by atoms with E-state index in [-0.39, 0.29) is 11.4 Å². The molecule has 80 valence electrons. The topological polar surface area (TPSA) is 26.3 Å². The van der Waals surface area contributed by atoms with Crippen LogP contribution in [-0.4, -0.2) is 5.97 Å². The lowest BCUT2D eigenvalue weighted by atomic mass is 9.77. The number of carbonyl (C=O) groups excluding carboxylic acids is 1. The van der Waals surface area contributed by atoms with Crippen LogP contribution < -0.4 is 4.74 Å². The van der Waals surface area contributed by atoms with Gasteiger partial charge in [0.1, 0.15) is 5.75 Å². The van der Waals surface area contributed by atoms with Crippen LogP contribution in [0.5, 0.6) is 5.75 Å². The minimum Gasteiger partial charge on any atom is -0.426 e. The van der Waals surface area contributed by atoms with Gasteiger partial charge in [-0.2, -0.15) is 0 Å². The second-order valence-electron chi connectivity index (χ2n) is 4.63. The highest BCUT2D eigenvalue weighted by molar-refractivity contribution is 9.10. The van der Waals surface area contributed by atoms with Crippen LogP contribution in [0.1, 0.15) is 31.4 Å². The van der Waals surface area contributed by atoms with Crippen molar-refractivity contribution in [1.29, 1.82) is 0 Å². The first kappa shape index (κ1) is 10.7. The average molecular weight is 269 g/mol. The summed E-state index contributed by atoms with van der Waals surface area (Å²) in [5, 5.41) is 0. The minimum absolute atomic E-state index is 0.130. The molecule has 1 aromatic carbocycles. The average Bonchev–Trinajstić information content (AvgIpc) is 1.97. The monoisotopic (exact) mass is 268 g/mol. The van der Waals surface area contributed by atoms with Crippen LogP contribution >= 0.6 is 15.9 Å². The van der Waals surface area contributed by atoms with Gasteiger partial charge in [-0.3, -0.25) is 4.79 Å².